The normalized spacial score (nSPS) is 8.92. The van der Waals surface area contributed by atoms with Crippen LogP contribution < -0.4 is 4.74 Å². The van der Waals surface area contributed by atoms with Gasteiger partial charge in [0.2, 0.25) is 0 Å². The molecule has 0 fully saturated rings. The SMILES string of the molecule is [N-]=[N+]=NCCCOc1cc[c]cc1. The molecule has 0 aliphatic carbocycles. The van der Waals surface area contributed by atoms with Crippen LogP contribution in [-0.4, -0.2) is 13.2 Å². The van der Waals surface area contributed by atoms with Gasteiger partial charge in [-0.05, 0) is 30.2 Å². The van der Waals surface area contributed by atoms with Crippen LogP contribution in [0.2, 0.25) is 0 Å². The minimum atomic E-state index is 0.482. The quantitative estimate of drug-likeness (QED) is 0.294. The summed E-state index contributed by atoms with van der Waals surface area (Å²) in [4.78, 5) is 2.64. The van der Waals surface area contributed by atoms with Crippen molar-refractivity contribution in [2.24, 2.45) is 5.11 Å². The van der Waals surface area contributed by atoms with Gasteiger partial charge in [0.15, 0.2) is 0 Å². The van der Waals surface area contributed by atoms with Crippen molar-refractivity contribution in [3.05, 3.63) is 40.8 Å². The minimum Gasteiger partial charge on any atom is -0.494 e. The molecule has 0 amide bonds. The van der Waals surface area contributed by atoms with E-state index in [-0.39, 0.29) is 0 Å². The van der Waals surface area contributed by atoms with Crippen LogP contribution in [0.3, 0.4) is 0 Å². The first kappa shape index (κ1) is 9.42. The van der Waals surface area contributed by atoms with Gasteiger partial charge in [0.05, 0.1) is 6.61 Å². The molecule has 0 bridgehead atoms. The Morgan fingerprint density at radius 2 is 2.23 bits per heavy atom. The Labute approximate surface area is 76.8 Å². The Bertz CT molecular complexity index is 280. The van der Waals surface area contributed by atoms with Gasteiger partial charge in [0.25, 0.3) is 0 Å². The first-order valence-corrected chi connectivity index (χ1v) is 4.03. The summed E-state index contributed by atoms with van der Waals surface area (Å²) in [5, 5.41) is 3.40. The summed E-state index contributed by atoms with van der Waals surface area (Å²) >= 11 is 0. The van der Waals surface area contributed by atoms with Crippen LogP contribution in [0.25, 0.3) is 10.4 Å². The molecule has 0 aliphatic rings. The van der Waals surface area contributed by atoms with Gasteiger partial charge in [-0.15, -0.1) is 0 Å². The third-order valence-corrected chi connectivity index (χ3v) is 1.42. The lowest BCUT2D eigenvalue weighted by Crippen LogP contribution is -1.98. The smallest absolute Gasteiger partial charge is 0.119 e. The van der Waals surface area contributed by atoms with Crippen molar-refractivity contribution >= 4 is 0 Å². The zero-order valence-electron chi connectivity index (χ0n) is 7.18. The summed E-state index contributed by atoms with van der Waals surface area (Å²) in [5.74, 6) is 0.819. The van der Waals surface area contributed by atoms with Crippen LogP contribution in [0.1, 0.15) is 6.42 Å². The lowest BCUT2D eigenvalue weighted by atomic mass is 10.3. The molecule has 67 valence electrons. The fraction of sp³-hybridized carbons (Fsp3) is 0.333. The molecular weight excluding hydrogens is 166 g/mol. The number of azide groups is 1. The van der Waals surface area contributed by atoms with E-state index in [1.807, 2.05) is 12.1 Å². The standard InChI is InChI=1S/C9H10N3O/c10-12-11-7-4-8-13-9-5-2-1-3-6-9/h2-3,5-6H,4,7-8H2. The highest BCUT2D eigenvalue weighted by molar-refractivity contribution is 5.20. The summed E-state index contributed by atoms with van der Waals surface area (Å²) in [6, 6.07) is 10.2. The first-order chi connectivity index (χ1) is 6.43. The molecule has 0 saturated carbocycles. The highest BCUT2D eigenvalue weighted by atomic mass is 16.5. The van der Waals surface area contributed by atoms with Crippen LogP contribution in [0.5, 0.6) is 5.75 Å². The molecule has 0 unspecified atom stereocenters. The lowest BCUT2D eigenvalue weighted by molar-refractivity contribution is 0.313. The zero-order chi connectivity index (χ0) is 9.36. The Balaban J connectivity index is 2.17. The second-order valence-electron chi connectivity index (χ2n) is 2.39. The maximum atomic E-state index is 8.00. The number of ether oxygens (including phenoxy) is 1. The molecule has 0 saturated heterocycles. The maximum Gasteiger partial charge on any atom is 0.119 e. The molecule has 1 aromatic rings. The molecule has 1 radical (unpaired) electrons. The molecule has 0 N–H and O–H groups in total. The van der Waals surface area contributed by atoms with Gasteiger partial charge in [0, 0.05) is 11.5 Å². The Morgan fingerprint density at radius 3 is 2.92 bits per heavy atom. The average Bonchev–Trinajstić information content (AvgIpc) is 2.19. The number of hydrogen-bond donors (Lipinski definition) is 0. The van der Waals surface area contributed by atoms with Crippen molar-refractivity contribution in [3.8, 4) is 5.75 Å². The van der Waals surface area contributed by atoms with E-state index >= 15 is 0 Å². The summed E-state index contributed by atoms with van der Waals surface area (Å²) in [6.45, 7) is 1.05. The maximum absolute atomic E-state index is 8.00. The topological polar surface area (TPSA) is 58.0 Å². The third-order valence-electron chi connectivity index (χ3n) is 1.42. The fourth-order valence-corrected chi connectivity index (χ4v) is 0.838. The van der Waals surface area contributed by atoms with E-state index in [2.05, 4.69) is 16.1 Å². The molecule has 0 spiro atoms. The van der Waals surface area contributed by atoms with E-state index in [1.165, 1.54) is 0 Å². The largest absolute Gasteiger partial charge is 0.494 e. The average molecular weight is 176 g/mol. The van der Waals surface area contributed by atoms with Gasteiger partial charge >= 0.3 is 0 Å². The van der Waals surface area contributed by atoms with Crippen molar-refractivity contribution in [3.63, 3.8) is 0 Å². The van der Waals surface area contributed by atoms with E-state index in [4.69, 9.17) is 10.3 Å². The van der Waals surface area contributed by atoms with Crippen molar-refractivity contribution < 1.29 is 4.74 Å². The van der Waals surface area contributed by atoms with Crippen molar-refractivity contribution in [1.29, 1.82) is 0 Å². The second kappa shape index (κ2) is 5.91. The summed E-state index contributed by atoms with van der Waals surface area (Å²) in [7, 11) is 0. The molecule has 0 atom stereocenters. The first-order valence-electron chi connectivity index (χ1n) is 4.03. The fourth-order valence-electron chi connectivity index (χ4n) is 0.838. The summed E-state index contributed by atoms with van der Waals surface area (Å²) in [5.41, 5.74) is 8.00. The third kappa shape index (κ3) is 4.03. The molecular formula is C9H10N3O. The van der Waals surface area contributed by atoms with Crippen LogP contribution >= 0.6 is 0 Å². The Morgan fingerprint density at radius 1 is 1.46 bits per heavy atom. The monoisotopic (exact) mass is 176 g/mol. The van der Waals surface area contributed by atoms with Crippen molar-refractivity contribution in [2.75, 3.05) is 13.2 Å². The van der Waals surface area contributed by atoms with Gasteiger partial charge in [-0.25, -0.2) is 0 Å². The van der Waals surface area contributed by atoms with Gasteiger partial charge in [-0.1, -0.05) is 17.2 Å². The highest BCUT2D eigenvalue weighted by Crippen LogP contribution is 2.07. The van der Waals surface area contributed by atoms with E-state index in [1.54, 1.807) is 12.1 Å². The number of rotatable bonds is 5. The highest BCUT2D eigenvalue weighted by Gasteiger charge is 1.89. The number of nitrogens with zero attached hydrogens (tertiary/aromatic N) is 3. The minimum absolute atomic E-state index is 0.482. The summed E-state index contributed by atoms with van der Waals surface area (Å²) < 4.78 is 5.35. The molecule has 0 heterocycles. The molecule has 13 heavy (non-hydrogen) atoms. The Hall–Kier alpha value is -1.67. The van der Waals surface area contributed by atoms with Gasteiger partial charge in [-0.2, -0.15) is 0 Å². The molecule has 4 heteroatoms. The van der Waals surface area contributed by atoms with Crippen LogP contribution in [0, 0.1) is 6.07 Å². The predicted molar refractivity (Wildman–Crippen MR) is 49.4 cm³/mol. The lowest BCUT2D eigenvalue weighted by Gasteiger charge is -2.03. The van der Waals surface area contributed by atoms with E-state index in [0.29, 0.717) is 13.2 Å². The van der Waals surface area contributed by atoms with Crippen molar-refractivity contribution in [1.82, 2.24) is 0 Å². The number of benzene rings is 1. The molecule has 1 rings (SSSR count). The van der Waals surface area contributed by atoms with Gasteiger partial charge in [0.1, 0.15) is 5.75 Å². The Kier molecular flexibility index (Phi) is 4.29. The molecule has 4 nitrogen and oxygen atoms in total. The predicted octanol–water partition coefficient (Wildman–Crippen LogP) is 2.57. The van der Waals surface area contributed by atoms with Gasteiger partial charge < -0.3 is 4.74 Å². The van der Waals surface area contributed by atoms with Crippen LogP contribution in [0.4, 0.5) is 0 Å². The van der Waals surface area contributed by atoms with Crippen molar-refractivity contribution in [2.45, 2.75) is 6.42 Å². The van der Waals surface area contributed by atoms with Gasteiger partial charge in [-0.3, -0.25) is 0 Å². The number of hydrogen-bond acceptors (Lipinski definition) is 2. The second-order valence-corrected chi connectivity index (χ2v) is 2.39. The van der Waals surface area contributed by atoms with E-state index in [0.717, 1.165) is 12.2 Å². The molecule has 0 aliphatic heterocycles. The molecule has 1 aromatic carbocycles. The van der Waals surface area contributed by atoms with E-state index < -0.39 is 0 Å². The van der Waals surface area contributed by atoms with E-state index in [9.17, 15) is 0 Å². The molecule has 0 aromatic heterocycles. The van der Waals surface area contributed by atoms with Crippen LogP contribution in [0.15, 0.2) is 29.4 Å². The zero-order valence-corrected chi connectivity index (χ0v) is 7.18. The van der Waals surface area contributed by atoms with Crippen LogP contribution in [-0.2, 0) is 0 Å². The summed E-state index contributed by atoms with van der Waals surface area (Å²) in [6.07, 6.45) is 0.739.